The van der Waals surface area contributed by atoms with Crippen LogP contribution in [-0.4, -0.2) is 52.1 Å². The third kappa shape index (κ3) is 3.71. The van der Waals surface area contributed by atoms with Gasteiger partial charge in [0.2, 0.25) is 0 Å². The molecule has 6 nitrogen and oxygen atoms in total. The van der Waals surface area contributed by atoms with E-state index in [1.165, 1.54) is 0 Å². The van der Waals surface area contributed by atoms with E-state index >= 15 is 0 Å². The lowest BCUT2D eigenvalue weighted by Gasteiger charge is -2.32. The zero-order chi connectivity index (χ0) is 18.6. The average molecular weight is 364 g/mol. The summed E-state index contributed by atoms with van der Waals surface area (Å²) < 4.78 is 7.32. The van der Waals surface area contributed by atoms with E-state index in [0.29, 0.717) is 18.8 Å². The van der Waals surface area contributed by atoms with Gasteiger partial charge in [-0.2, -0.15) is 0 Å². The Morgan fingerprint density at radius 2 is 2.11 bits per heavy atom. The fourth-order valence-electron chi connectivity index (χ4n) is 3.79. The monoisotopic (exact) mass is 364 g/mol. The van der Waals surface area contributed by atoms with Gasteiger partial charge in [0.25, 0.3) is 5.91 Å². The van der Waals surface area contributed by atoms with Crippen molar-refractivity contribution in [2.45, 2.75) is 25.3 Å². The molecule has 0 aliphatic carbocycles. The van der Waals surface area contributed by atoms with E-state index in [4.69, 9.17) is 4.74 Å². The fourth-order valence-corrected chi connectivity index (χ4v) is 3.79. The van der Waals surface area contributed by atoms with Crippen molar-refractivity contribution in [1.82, 2.24) is 19.4 Å². The van der Waals surface area contributed by atoms with E-state index in [2.05, 4.69) is 14.5 Å². The Bertz CT molecular complexity index is 937. The van der Waals surface area contributed by atoms with Gasteiger partial charge in [-0.3, -0.25) is 9.78 Å². The summed E-state index contributed by atoms with van der Waals surface area (Å²) in [6, 6.07) is 9.87. The van der Waals surface area contributed by atoms with Crippen molar-refractivity contribution in [3.8, 4) is 0 Å². The molecule has 0 saturated carbocycles. The number of methoxy groups -OCH3 is 1. The van der Waals surface area contributed by atoms with Crippen molar-refractivity contribution in [1.29, 1.82) is 0 Å². The smallest absolute Gasteiger partial charge is 0.272 e. The summed E-state index contributed by atoms with van der Waals surface area (Å²) in [4.78, 5) is 23.9. The van der Waals surface area contributed by atoms with E-state index in [1.54, 1.807) is 13.3 Å². The maximum absolute atomic E-state index is 13.0. The Morgan fingerprint density at radius 3 is 2.96 bits per heavy atom. The number of fused-ring (bicyclic) bond motifs is 1. The third-order valence-electron chi connectivity index (χ3n) is 5.21. The highest BCUT2D eigenvalue weighted by Gasteiger charge is 2.28. The number of benzene rings is 1. The van der Waals surface area contributed by atoms with Crippen molar-refractivity contribution in [2.75, 3.05) is 26.8 Å². The van der Waals surface area contributed by atoms with E-state index in [0.717, 1.165) is 42.5 Å². The molecule has 27 heavy (non-hydrogen) atoms. The summed E-state index contributed by atoms with van der Waals surface area (Å²) in [6.45, 7) is 2.88. The van der Waals surface area contributed by atoms with Crippen LogP contribution in [0, 0.1) is 0 Å². The zero-order valence-electron chi connectivity index (χ0n) is 15.5. The number of nitrogens with zero attached hydrogens (tertiary/aromatic N) is 4. The van der Waals surface area contributed by atoms with Crippen molar-refractivity contribution in [3.63, 3.8) is 0 Å². The number of hydrogen-bond acceptors (Lipinski definition) is 4. The average Bonchev–Trinajstić information content (AvgIpc) is 3.20. The predicted molar refractivity (Wildman–Crippen MR) is 104 cm³/mol. The maximum Gasteiger partial charge on any atom is 0.272 e. The number of carbonyl (C=O) groups is 1. The molecule has 1 aliphatic heterocycles. The molecule has 1 unspecified atom stereocenters. The highest BCUT2D eigenvalue weighted by Crippen LogP contribution is 2.27. The molecule has 1 aromatic carbocycles. The van der Waals surface area contributed by atoms with Crippen LogP contribution in [0.5, 0.6) is 0 Å². The van der Waals surface area contributed by atoms with Gasteiger partial charge in [0.1, 0.15) is 11.5 Å². The van der Waals surface area contributed by atoms with Gasteiger partial charge in [-0.1, -0.05) is 24.3 Å². The van der Waals surface area contributed by atoms with Gasteiger partial charge in [-0.25, -0.2) is 4.98 Å². The molecule has 1 aliphatic rings. The summed E-state index contributed by atoms with van der Waals surface area (Å²) in [5.74, 6) is 1.28. The summed E-state index contributed by atoms with van der Waals surface area (Å²) in [7, 11) is 1.70. The number of ether oxygens (including phenoxy) is 1. The van der Waals surface area contributed by atoms with Crippen LogP contribution in [-0.2, 0) is 11.3 Å². The van der Waals surface area contributed by atoms with Crippen LogP contribution in [0.25, 0.3) is 10.8 Å². The number of carbonyl (C=O) groups excluding carboxylic acids is 1. The fraction of sp³-hybridized carbons (Fsp3) is 0.381. The minimum atomic E-state index is 0.000417. The molecule has 1 saturated heterocycles. The van der Waals surface area contributed by atoms with Crippen LogP contribution >= 0.6 is 0 Å². The van der Waals surface area contributed by atoms with Gasteiger partial charge in [-0.05, 0) is 24.3 Å². The quantitative estimate of drug-likeness (QED) is 0.698. The number of amides is 1. The van der Waals surface area contributed by atoms with Crippen LogP contribution in [0.3, 0.4) is 0 Å². The molecule has 0 spiro atoms. The van der Waals surface area contributed by atoms with Crippen molar-refractivity contribution in [2.24, 2.45) is 0 Å². The Hall–Kier alpha value is -2.73. The second-order valence-corrected chi connectivity index (χ2v) is 6.98. The third-order valence-corrected chi connectivity index (χ3v) is 5.21. The highest BCUT2D eigenvalue weighted by molar-refractivity contribution is 5.96. The number of rotatable bonds is 5. The van der Waals surface area contributed by atoms with Crippen molar-refractivity contribution < 1.29 is 9.53 Å². The Labute approximate surface area is 158 Å². The lowest BCUT2D eigenvalue weighted by Crippen LogP contribution is -2.40. The standard InChI is InChI=1S/C21H24N4O2/c1-27-12-11-24-10-8-22-20(24)18-7-4-9-25(15-18)21(26)19-13-16-5-2-3-6-17(16)14-23-19/h2-3,5-6,8,10,13-14,18H,4,7,9,11-12,15H2,1H3. The van der Waals surface area contributed by atoms with Gasteiger partial charge < -0.3 is 14.2 Å². The second kappa shape index (κ2) is 7.88. The SMILES string of the molecule is COCCn1ccnc1C1CCCN(C(=O)c2cc3ccccc3cn2)C1. The van der Waals surface area contributed by atoms with Gasteiger partial charge in [-0.15, -0.1) is 0 Å². The number of likely N-dealkylation sites (tertiary alicyclic amines) is 1. The Kier molecular flexibility index (Phi) is 5.16. The normalized spacial score (nSPS) is 17.4. The van der Waals surface area contributed by atoms with Crippen LogP contribution < -0.4 is 0 Å². The molecule has 6 heteroatoms. The first-order chi connectivity index (χ1) is 13.3. The van der Waals surface area contributed by atoms with Crippen LogP contribution in [0.15, 0.2) is 48.9 Å². The van der Waals surface area contributed by atoms with E-state index in [9.17, 15) is 4.79 Å². The molecule has 1 amide bonds. The van der Waals surface area contributed by atoms with Crippen molar-refractivity contribution in [3.05, 3.63) is 60.4 Å². The van der Waals surface area contributed by atoms with Gasteiger partial charge in [0.15, 0.2) is 0 Å². The van der Waals surface area contributed by atoms with Crippen LogP contribution in [0.2, 0.25) is 0 Å². The molecular formula is C21H24N4O2. The molecule has 140 valence electrons. The summed E-state index contributed by atoms with van der Waals surface area (Å²) in [5, 5.41) is 2.09. The van der Waals surface area contributed by atoms with Crippen molar-refractivity contribution >= 4 is 16.7 Å². The highest BCUT2D eigenvalue weighted by atomic mass is 16.5. The topological polar surface area (TPSA) is 60.2 Å². The first kappa shape index (κ1) is 17.7. The lowest BCUT2D eigenvalue weighted by atomic mass is 9.96. The minimum absolute atomic E-state index is 0.000417. The largest absolute Gasteiger partial charge is 0.383 e. The molecule has 4 rings (SSSR count). The minimum Gasteiger partial charge on any atom is -0.383 e. The number of pyridine rings is 1. The second-order valence-electron chi connectivity index (χ2n) is 6.98. The van der Waals surface area contributed by atoms with E-state index in [-0.39, 0.29) is 11.8 Å². The first-order valence-electron chi connectivity index (χ1n) is 9.40. The molecule has 2 aromatic heterocycles. The zero-order valence-corrected chi connectivity index (χ0v) is 15.5. The Balaban J connectivity index is 1.52. The summed E-state index contributed by atoms with van der Waals surface area (Å²) in [6.07, 6.45) is 7.61. The maximum atomic E-state index is 13.0. The molecule has 1 fully saturated rings. The summed E-state index contributed by atoms with van der Waals surface area (Å²) in [5.41, 5.74) is 0.511. The predicted octanol–water partition coefficient (Wildman–Crippen LogP) is 3.10. The molecule has 0 radical (unpaired) electrons. The number of aromatic nitrogens is 3. The Morgan fingerprint density at radius 1 is 1.26 bits per heavy atom. The van der Waals surface area contributed by atoms with Gasteiger partial charge >= 0.3 is 0 Å². The molecule has 0 bridgehead atoms. The van der Waals surface area contributed by atoms with E-state index in [1.807, 2.05) is 47.6 Å². The first-order valence-corrected chi connectivity index (χ1v) is 9.40. The molecule has 0 N–H and O–H groups in total. The number of piperidine rings is 1. The number of hydrogen-bond donors (Lipinski definition) is 0. The molecule has 1 atom stereocenters. The van der Waals surface area contributed by atoms with Gasteiger partial charge in [0.05, 0.1) is 6.61 Å². The molecule has 3 aromatic rings. The van der Waals surface area contributed by atoms with E-state index < -0.39 is 0 Å². The number of imidazole rings is 1. The lowest BCUT2D eigenvalue weighted by molar-refractivity contribution is 0.0697. The summed E-state index contributed by atoms with van der Waals surface area (Å²) >= 11 is 0. The van der Waals surface area contributed by atoms with Crippen LogP contribution in [0.4, 0.5) is 0 Å². The van der Waals surface area contributed by atoms with Gasteiger partial charge in [0, 0.05) is 56.6 Å². The van der Waals surface area contributed by atoms with Crippen LogP contribution in [0.1, 0.15) is 35.1 Å². The molecule has 3 heterocycles. The molecular weight excluding hydrogens is 340 g/mol.